The molecule has 1 aliphatic rings. The summed E-state index contributed by atoms with van der Waals surface area (Å²) in [6, 6.07) is 22.1. The molecule has 0 spiro atoms. The van der Waals surface area contributed by atoms with E-state index in [0.29, 0.717) is 17.7 Å². The van der Waals surface area contributed by atoms with Gasteiger partial charge in [0.05, 0.1) is 7.11 Å². The molecule has 4 heteroatoms. The van der Waals surface area contributed by atoms with Crippen LogP contribution in [0.1, 0.15) is 67.3 Å². The quantitative estimate of drug-likeness (QED) is 0.319. The molecule has 0 heterocycles. The lowest BCUT2D eigenvalue weighted by Crippen LogP contribution is -2.27. The molecule has 1 aliphatic carbocycles. The molecule has 0 amide bonds. The Morgan fingerprint density at radius 3 is 2.50 bits per heavy atom. The number of hydrogen-bond donors (Lipinski definition) is 2. The van der Waals surface area contributed by atoms with Crippen molar-refractivity contribution in [2.24, 2.45) is 0 Å². The van der Waals surface area contributed by atoms with Gasteiger partial charge in [0.25, 0.3) is 0 Å². The lowest BCUT2D eigenvalue weighted by atomic mass is 9.79. The molecule has 4 rings (SSSR count). The first-order chi connectivity index (χ1) is 17.5. The smallest absolute Gasteiger partial charge is 0.120 e. The SMILES string of the molecule is CCC(C)NCCc1ccc(CN(CC)c2cc(OC)ccc2C2CCc3cc(O)ccc3C2)cc1. The Kier molecular flexibility index (Phi) is 8.93. The number of hydrogen-bond acceptors (Lipinski definition) is 4. The van der Waals surface area contributed by atoms with Crippen LogP contribution in [0.4, 0.5) is 5.69 Å². The van der Waals surface area contributed by atoms with Gasteiger partial charge in [-0.05, 0) is 104 Å². The van der Waals surface area contributed by atoms with Crippen molar-refractivity contribution >= 4 is 5.69 Å². The molecular formula is C32H42N2O2. The summed E-state index contributed by atoms with van der Waals surface area (Å²) >= 11 is 0. The van der Waals surface area contributed by atoms with Gasteiger partial charge >= 0.3 is 0 Å². The van der Waals surface area contributed by atoms with E-state index in [2.05, 4.69) is 79.5 Å². The number of phenols is 1. The van der Waals surface area contributed by atoms with Crippen LogP contribution in [-0.2, 0) is 25.8 Å². The molecule has 0 bridgehead atoms. The zero-order valence-electron chi connectivity index (χ0n) is 22.4. The first kappa shape index (κ1) is 26.1. The molecule has 0 saturated heterocycles. The van der Waals surface area contributed by atoms with Crippen LogP contribution in [0.5, 0.6) is 11.5 Å². The number of phenolic OH excluding ortho intramolecular Hbond substituents is 1. The summed E-state index contributed by atoms with van der Waals surface area (Å²) in [4.78, 5) is 2.48. The Hall–Kier alpha value is -2.98. The summed E-state index contributed by atoms with van der Waals surface area (Å²) in [6.07, 6.45) is 5.32. The number of nitrogens with one attached hydrogen (secondary N) is 1. The highest BCUT2D eigenvalue weighted by Crippen LogP contribution is 2.40. The fraction of sp³-hybridized carbons (Fsp3) is 0.438. The van der Waals surface area contributed by atoms with Crippen molar-refractivity contribution in [3.63, 3.8) is 0 Å². The van der Waals surface area contributed by atoms with Crippen LogP contribution in [0, 0.1) is 0 Å². The lowest BCUT2D eigenvalue weighted by Gasteiger charge is -2.32. The van der Waals surface area contributed by atoms with Crippen LogP contribution in [0.15, 0.2) is 60.7 Å². The van der Waals surface area contributed by atoms with E-state index < -0.39 is 0 Å². The number of rotatable bonds is 11. The molecule has 0 saturated carbocycles. The molecule has 0 aromatic heterocycles. The van der Waals surface area contributed by atoms with Crippen LogP contribution in [-0.4, -0.2) is 31.3 Å². The van der Waals surface area contributed by atoms with Crippen LogP contribution >= 0.6 is 0 Å². The zero-order valence-corrected chi connectivity index (χ0v) is 22.4. The molecule has 2 N–H and O–H groups in total. The van der Waals surface area contributed by atoms with Crippen molar-refractivity contribution in [1.29, 1.82) is 0 Å². The van der Waals surface area contributed by atoms with Crippen LogP contribution in [0.3, 0.4) is 0 Å². The minimum absolute atomic E-state index is 0.368. The van der Waals surface area contributed by atoms with Gasteiger partial charge in [0.1, 0.15) is 11.5 Å². The molecular weight excluding hydrogens is 444 g/mol. The molecule has 36 heavy (non-hydrogen) atoms. The second-order valence-corrected chi connectivity index (χ2v) is 10.2. The Bertz CT molecular complexity index is 1130. The zero-order chi connectivity index (χ0) is 25.5. The average molecular weight is 487 g/mol. The third kappa shape index (κ3) is 6.41. The van der Waals surface area contributed by atoms with Crippen molar-refractivity contribution in [3.8, 4) is 11.5 Å². The lowest BCUT2D eigenvalue weighted by molar-refractivity contribution is 0.414. The van der Waals surface area contributed by atoms with Crippen molar-refractivity contribution < 1.29 is 9.84 Å². The van der Waals surface area contributed by atoms with Gasteiger partial charge < -0.3 is 20.1 Å². The van der Waals surface area contributed by atoms with Gasteiger partial charge in [-0.1, -0.05) is 43.3 Å². The largest absolute Gasteiger partial charge is 0.508 e. The van der Waals surface area contributed by atoms with Crippen LogP contribution in [0.2, 0.25) is 0 Å². The normalized spacial score (nSPS) is 15.8. The summed E-state index contributed by atoms with van der Waals surface area (Å²) in [5.41, 5.74) is 8.01. The molecule has 4 nitrogen and oxygen atoms in total. The average Bonchev–Trinajstić information content (AvgIpc) is 2.91. The summed E-state index contributed by atoms with van der Waals surface area (Å²) in [5.74, 6) is 1.72. The van der Waals surface area contributed by atoms with Crippen molar-refractivity contribution in [3.05, 3.63) is 88.5 Å². The van der Waals surface area contributed by atoms with Gasteiger partial charge in [-0.15, -0.1) is 0 Å². The number of benzene rings is 3. The van der Waals surface area contributed by atoms with Gasteiger partial charge in [-0.2, -0.15) is 0 Å². The van der Waals surface area contributed by atoms with E-state index in [-0.39, 0.29) is 0 Å². The maximum atomic E-state index is 9.89. The second-order valence-electron chi connectivity index (χ2n) is 10.2. The Morgan fingerprint density at radius 1 is 1.00 bits per heavy atom. The number of nitrogens with zero attached hydrogens (tertiary/aromatic N) is 1. The molecule has 0 radical (unpaired) electrons. The maximum absolute atomic E-state index is 9.89. The van der Waals surface area contributed by atoms with Crippen molar-refractivity contribution in [2.45, 2.75) is 71.4 Å². The first-order valence-electron chi connectivity index (χ1n) is 13.6. The van der Waals surface area contributed by atoms with Crippen LogP contribution < -0.4 is 15.0 Å². The van der Waals surface area contributed by atoms with Gasteiger partial charge in [-0.3, -0.25) is 0 Å². The summed E-state index contributed by atoms with van der Waals surface area (Å²) in [7, 11) is 1.74. The standard InChI is InChI=1S/C32H42N2O2/c1-5-23(3)33-18-17-24-7-9-25(10-8-24)22-34(6-2)32-21-30(36-4)15-16-31(32)28-12-11-27-20-29(35)14-13-26(27)19-28/h7-10,13-16,20-21,23,28,33,35H,5-6,11-12,17-19,22H2,1-4H3. The van der Waals surface area contributed by atoms with E-state index >= 15 is 0 Å². The Labute approximate surface area is 217 Å². The second kappa shape index (κ2) is 12.3. The minimum Gasteiger partial charge on any atom is -0.508 e. The first-order valence-corrected chi connectivity index (χ1v) is 13.6. The van der Waals surface area contributed by atoms with Crippen LogP contribution in [0.25, 0.3) is 0 Å². The molecule has 2 unspecified atom stereocenters. The fourth-order valence-corrected chi connectivity index (χ4v) is 5.28. The molecule has 3 aromatic rings. The molecule has 0 fully saturated rings. The summed E-state index contributed by atoms with van der Waals surface area (Å²) in [5, 5.41) is 13.5. The fourth-order valence-electron chi connectivity index (χ4n) is 5.28. The molecule has 0 aliphatic heterocycles. The topological polar surface area (TPSA) is 44.7 Å². The van der Waals surface area contributed by atoms with Gasteiger partial charge in [0.15, 0.2) is 0 Å². The molecule has 2 atom stereocenters. The third-order valence-electron chi connectivity index (χ3n) is 7.73. The van der Waals surface area contributed by atoms with Gasteiger partial charge in [0.2, 0.25) is 0 Å². The van der Waals surface area contributed by atoms with E-state index in [1.165, 1.54) is 33.5 Å². The number of methoxy groups -OCH3 is 1. The number of aryl methyl sites for hydroxylation is 1. The highest BCUT2D eigenvalue weighted by molar-refractivity contribution is 5.60. The van der Waals surface area contributed by atoms with E-state index in [1.54, 1.807) is 7.11 Å². The van der Waals surface area contributed by atoms with Gasteiger partial charge in [-0.25, -0.2) is 0 Å². The minimum atomic E-state index is 0.368. The monoisotopic (exact) mass is 486 g/mol. The predicted octanol–water partition coefficient (Wildman–Crippen LogP) is 6.63. The number of anilines is 1. The maximum Gasteiger partial charge on any atom is 0.120 e. The van der Waals surface area contributed by atoms with E-state index in [4.69, 9.17) is 4.74 Å². The van der Waals surface area contributed by atoms with E-state index in [1.807, 2.05) is 12.1 Å². The Morgan fingerprint density at radius 2 is 1.78 bits per heavy atom. The van der Waals surface area contributed by atoms with E-state index in [9.17, 15) is 5.11 Å². The highest BCUT2D eigenvalue weighted by Gasteiger charge is 2.24. The third-order valence-corrected chi connectivity index (χ3v) is 7.73. The van der Waals surface area contributed by atoms with Gasteiger partial charge in [0, 0.05) is 30.9 Å². The summed E-state index contributed by atoms with van der Waals surface area (Å²) in [6.45, 7) is 9.52. The number of fused-ring (bicyclic) bond motifs is 1. The highest BCUT2D eigenvalue weighted by atomic mass is 16.5. The number of ether oxygens (including phenoxy) is 1. The Balaban J connectivity index is 1.51. The van der Waals surface area contributed by atoms with Crippen molar-refractivity contribution in [2.75, 3.05) is 25.1 Å². The molecule has 192 valence electrons. The van der Waals surface area contributed by atoms with E-state index in [0.717, 1.165) is 57.5 Å². The predicted molar refractivity (Wildman–Crippen MR) is 150 cm³/mol. The molecule has 3 aromatic carbocycles. The van der Waals surface area contributed by atoms with Crippen molar-refractivity contribution in [1.82, 2.24) is 5.32 Å². The summed E-state index contributed by atoms with van der Waals surface area (Å²) < 4.78 is 5.63. The number of aromatic hydroxyl groups is 1.